The zero-order valence-electron chi connectivity index (χ0n) is 16.0. The van der Waals surface area contributed by atoms with Gasteiger partial charge in [0.25, 0.3) is 0 Å². The third kappa shape index (κ3) is 5.73. The van der Waals surface area contributed by atoms with Crippen LogP contribution in [0.3, 0.4) is 0 Å². The van der Waals surface area contributed by atoms with E-state index in [4.69, 9.17) is 28.2 Å². The molecule has 1 aromatic heterocycles. The Morgan fingerprint density at radius 3 is 2.54 bits per heavy atom. The molecule has 1 aliphatic rings. The molecule has 0 saturated heterocycles. The van der Waals surface area contributed by atoms with Crippen LogP contribution in [0.15, 0.2) is 34.3 Å². The molecular weight excluding hydrogens is 398 g/mol. The SMILES string of the molecule is CC.NC(N)=Nc1ncc(Cl)c2ccc(SNC3CCC(C(=O)O)CC3)cc12. The van der Waals surface area contributed by atoms with E-state index in [2.05, 4.69) is 14.7 Å². The van der Waals surface area contributed by atoms with Gasteiger partial charge in [-0.3, -0.25) is 9.52 Å². The zero-order chi connectivity index (χ0) is 20.7. The van der Waals surface area contributed by atoms with Gasteiger partial charge < -0.3 is 16.6 Å². The second-order valence-corrected chi connectivity index (χ2v) is 7.60. The highest BCUT2D eigenvalue weighted by molar-refractivity contribution is 7.97. The third-order valence-corrected chi connectivity index (χ3v) is 5.69. The first-order valence-corrected chi connectivity index (χ1v) is 10.5. The molecule has 7 nitrogen and oxygen atoms in total. The van der Waals surface area contributed by atoms with Gasteiger partial charge in [0, 0.05) is 27.9 Å². The molecule has 1 aliphatic carbocycles. The van der Waals surface area contributed by atoms with Crippen LogP contribution in [0.4, 0.5) is 5.82 Å². The van der Waals surface area contributed by atoms with Crippen molar-refractivity contribution in [1.82, 2.24) is 9.71 Å². The highest BCUT2D eigenvalue weighted by atomic mass is 35.5. The van der Waals surface area contributed by atoms with Crippen LogP contribution >= 0.6 is 23.5 Å². The van der Waals surface area contributed by atoms with Gasteiger partial charge in [0.05, 0.1) is 10.9 Å². The van der Waals surface area contributed by atoms with Gasteiger partial charge in [-0.15, -0.1) is 0 Å². The molecule has 0 bridgehead atoms. The number of nitrogens with zero attached hydrogens (tertiary/aromatic N) is 2. The summed E-state index contributed by atoms with van der Waals surface area (Å²) in [5.74, 6) is -0.544. The molecule has 9 heteroatoms. The number of carboxylic acid groups (broad SMARTS) is 1. The highest BCUT2D eigenvalue weighted by Crippen LogP contribution is 2.33. The molecule has 1 aromatic carbocycles. The van der Waals surface area contributed by atoms with E-state index in [1.54, 1.807) is 0 Å². The van der Waals surface area contributed by atoms with Crippen LogP contribution in [-0.4, -0.2) is 28.1 Å². The van der Waals surface area contributed by atoms with Gasteiger partial charge in [-0.25, -0.2) is 4.98 Å². The number of pyridine rings is 1. The number of carboxylic acids is 1. The van der Waals surface area contributed by atoms with Crippen LogP contribution < -0.4 is 16.2 Å². The van der Waals surface area contributed by atoms with Crippen molar-refractivity contribution < 1.29 is 9.90 Å². The second kappa shape index (κ2) is 10.5. The Labute approximate surface area is 174 Å². The Morgan fingerprint density at radius 1 is 1.25 bits per heavy atom. The number of hydrogen-bond donors (Lipinski definition) is 4. The van der Waals surface area contributed by atoms with Crippen molar-refractivity contribution in [2.45, 2.75) is 50.5 Å². The van der Waals surface area contributed by atoms with Crippen molar-refractivity contribution in [1.29, 1.82) is 0 Å². The van der Waals surface area contributed by atoms with Crippen molar-refractivity contribution in [3.05, 3.63) is 29.4 Å². The normalized spacial score (nSPS) is 18.8. The standard InChI is InChI=1S/C17H20ClN5O2S.C2H6/c18-14-8-21-15(22-17(19)20)13-7-11(5-6-12(13)14)26-23-10-3-1-9(2-4-10)16(24)25;1-2/h5-10,23H,1-4H2,(H,24,25)(H4,19,20,21,22);1-2H3. The fourth-order valence-corrected chi connectivity index (χ4v) is 4.12. The Morgan fingerprint density at radius 2 is 1.93 bits per heavy atom. The number of fused-ring (bicyclic) bond motifs is 1. The number of halogens is 1. The van der Waals surface area contributed by atoms with Crippen LogP contribution in [0.5, 0.6) is 0 Å². The van der Waals surface area contributed by atoms with Crippen molar-refractivity contribution in [2.24, 2.45) is 22.4 Å². The molecular formula is C19H26ClN5O2S. The summed E-state index contributed by atoms with van der Waals surface area (Å²) < 4.78 is 3.42. The number of nitrogens with one attached hydrogen (secondary N) is 1. The minimum absolute atomic E-state index is 0.0625. The van der Waals surface area contributed by atoms with Gasteiger partial charge in [-0.2, -0.15) is 4.99 Å². The lowest BCUT2D eigenvalue weighted by molar-refractivity contribution is -0.142. The molecule has 0 aliphatic heterocycles. The number of carbonyl (C=O) groups is 1. The predicted octanol–water partition coefficient (Wildman–Crippen LogP) is 4.06. The molecule has 1 fully saturated rings. The topological polar surface area (TPSA) is 127 Å². The summed E-state index contributed by atoms with van der Waals surface area (Å²) in [5, 5.41) is 11.2. The zero-order valence-corrected chi connectivity index (χ0v) is 17.6. The molecule has 2 aromatic rings. The fraction of sp³-hybridized carbons (Fsp3) is 0.421. The maximum absolute atomic E-state index is 11.0. The van der Waals surface area contributed by atoms with Crippen LogP contribution in [0.2, 0.25) is 5.02 Å². The largest absolute Gasteiger partial charge is 0.481 e. The van der Waals surface area contributed by atoms with E-state index in [0.29, 0.717) is 29.7 Å². The first-order valence-electron chi connectivity index (χ1n) is 9.27. The number of rotatable bonds is 5. The van der Waals surface area contributed by atoms with Gasteiger partial charge >= 0.3 is 5.97 Å². The van der Waals surface area contributed by atoms with Crippen molar-refractivity contribution in [2.75, 3.05) is 0 Å². The van der Waals surface area contributed by atoms with Crippen molar-refractivity contribution in [3.8, 4) is 0 Å². The van der Waals surface area contributed by atoms with Crippen LogP contribution in [-0.2, 0) is 4.79 Å². The Balaban J connectivity index is 0.00000136. The summed E-state index contributed by atoms with van der Waals surface area (Å²) in [6.07, 6.45) is 4.64. The number of hydrogen-bond acceptors (Lipinski definition) is 5. The molecule has 0 radical (unpaired) electrons. The summed E-state index contributed by atoms with van der Waals surface area (Å²) in [5.41, 5.74) is 11.0. The molecule has 1 heterocycles. The van der Waals surface area contributed by atoms with E-state index >= 15 is 0 Å². The summed E-state index contributed by atoms with van der Waals surface area (Å²) in [6.45, 7) is 4.00. The van der Waals surface area contributed by atoms with Gasteiger partial charge in [0.2, 0.25) is 0 Å². The number of benzene rings is 1. The molecule has 0 unspecified atom stereocenters. The minimum atomic E-state index is -0.692. The van der Waals surface area contributed by atoms with E-state index in [-0.39, 0.29) is 11.9 Å². The third-order valence-electron chi connectivity index (χ3n) is 4.44. The fourth-order valence-electron chi connectivity index (χ4n) is 3.06. The van der Waals surface area contributed by atoms with E-state index in [1.165, 1.54) is 18.1 Å². The molecule has 3 rings (SSSR count). The number of guanidine groups is 1. The number of nitrogens with two attached hydrogens (primary N) is 2. The second-order valence-electron chi connectivity index (χ2n) is 6.28. The van der Waals surface area contributed by atoms with Crippen LogP contribution in [0, 0.1) is 5.92 Å². The molecule has 28 heavy (non-hydrogen) atoms. The van der Waals surface area contributed by atoms with Gasteiger partial charge in [-0.1, -0.05) is 31.5 Å². The summed E-state index contributed by atoms with van der Waals surface area (Å²) >= 11 is 7.72. The number of aromatic nitrogens is 1. The first-order chi connectivity index (χ1) is 13.4. The highest BCUT2D eigenvalue weighted by Gasteiger charge is 2.25. The van der Waals surface area contributed by atoms with Crippen LogP contribution in [0.1, 0.15) is 39.5 Å². The summed E-state index contributed by atoms with van der Waals surface area (Å²) in [6, 6.07) is 6.11. The minimum Gasteiger partial charge on any atom is -0.481 e. The monoisotopic (exact) mass is 423 g/mol. The molecule has 6 N–H and O–H groups in total. The quantitative estimate of drug-likeness (QED) is 0.324. The van der Waals surface area contributed by atoms with Crippen molar-refractivity contribution in [3.63, 3.8) is 0 Å². The average molecular weight is 424 g/mol. The predicted molar refractivity (Wildman–Crippen MR) is 116 cm³/mol. The van der Waals surface area contributed by atoms with E-state index in [9.17, 15) is 4.79 Å². The van der Waals surface area contributed by atoms with E-state index < -0.39 is 5.97 Å². The number of aliphatic carboxylic acids is 1. The lowest BCUT2D eigenvalue weighted by Gasteiger charge is -2.26. The Hall–Kier alpha value is -2.03. The Kier molecular flexibility index (Phi) is 8.35. The molecule has 0 spiro atoms. The van der Waals surface area contributed by atoms with Gasteiger partial charge in [-0.05, 0) is 49.8 Å². The first kappa shape index (κ1) is 22.3. The number of aliphatic imine (C=N–C) groups is 1. The maximum atomic E-state index is 11.0. The Bertz CT molecular complexity index is 850. The van der Waals surface area contributed by atoms with Gasteiger partial charge in [0.15, 0.2) is 11.8 Å². The summed E-state index contributed by atoms with van der Waals surface area (Å²) in [4.78, 5) is 20.3. The average Bonchev–Trinajstić information content (AvgIpc) is 2.70. The maximum Gasteiger partial charge on any atom is 0.306 e. The molecule has 0 atom stereocenters. The van der Waals surface area contributed by atoms with Crippen molar-refractivity contribution >= 4 is 52.1 Å². The lowest BCUT2D eigenvalue weighted by atomic mass is 9.87. The molecule has 1 saturated carbocycles. The van der Waals surface area contributed by atoms with E-state index in [0.717, 1.165) is 28.5 Å². The smallest absolute Gasteiger partial charge is 0.306 e. The van der Waals surface area contributed by atoms with Crippen LogP contribution in [0.25, 0.3) is 10.8 Å². The summed E-state index contributed by atoms with van der Waals surface area (Å²) in [7, 11) is 0. The molecule has 0 amide bonds. The van der Waals surface area contributed by atoms with E-state index in [1.807, 2.05) is 32.0 Å². The van der Waals surface area contributed by atoms with Gasteiger partial charge in [0.1, 0.15) is 0 Å². The molecule has 152 valence electrons. The lowest BCUT2D eigenvalue weighted by Crippen LogP contribution is -2.31.